The molecule has 0 aliphatic carbocycles. The molecule has 0 aromatic rings. The van der Waals surface area contributed by atoms with Crippen LogP contribution in [0.2, 0.25) is 0 Å². The fourth-order valence-corrected chi connectivity index (χ4v) is 5.48. The second-order valence-electron chi connectivity index (χ2n) is 11.1. The first kappa shape index (κ1) is 37.0. The van der Waals surface area contributed by atoms with Crippen molar-refractivity contribution in [3.8, 4) is 0 Å². The molecule has 4 fully saturated rings. The van der Waals surface area contributed by atoms with Crippen LogP contribution in [-0.2, 0) is 33.2 Å². The van der Waals surface area contributed by atoms with Crippen LogP contribution >= 0.6 is 0 Å². The van der Waals surface area contributed by atoms with E-state index in [2.05, 4.69) is 0 Å². The smallest absolute Gasteiger partial charge is 0.187 e. The molecule has 0 aromatic heterocycles. The highest BCUT2D eigenvalue weighted by molar-refractivity contribution is 4.97. The Hall–Kier alpha value is -0.840. The van der Waals surface area contributed by atoms with Crippen molar-refractivity contribution in [2.24, 2.45) is 0 Å². The van der Waals surface area contributed by atoms with Crippen LogP contribution in [-0.4, -0.2) is 221 Å². The monoisotopic (exact) mass is 666 g/mol. The summed E-state index contributed by atoms with van der Waals surface area (Å²) in [4.78, 5) is 0. The standard InChI is InChI=1S/C24H42O21/c25-1-5-10(30)14(34)18(21(38)39-5)43-23-20(16(36)12(32)7(3-27)41-23)45-24-19(15(35)11(31)8(4-28)42-24)44-22-17(37)13(33)9(29)6(2-26)40-22/h5-38H,1-4H2/t5-,6-,7-,8-,9-,10-,11-,12-,13+,14+,15+,16+,17+,18+,19+,20+,21-,22+,23+,24+/m1/s1. The van der Waals surface area contributed by atoms with Gasteiger partial charge in [-0.25, -0.2) is 0 Å². The van der Waals surface area contributed by atoms with Crippen LogP contribution in [0.3, 0.4) is 0 Å². The van der Waals surface area contributed by atoms with Crippen molar-refractivity contribution >= 4 is 0 Å². The van der Waals surface area contributed by atoms with Crippen LogP contribution in [0.5, 0.6) is 0 Å². The third-order valence-corrected chi connectivity index (χ3v) is 8.21. The molecule has 14 N–H and O–H groups in total. The quantitative estimate of drug-likeness (QED) is 0.103. The topological polar surface area (TPSA) is 348 Å². The number of ether oxygens (including phenoxy) is 7. The molecule has 4 rings (SSSR count). The van der Waals surface area contributed by atoms with E-state index in [1.807, 2.05) is 0 Å². The van der Waals surface area contributed by atoms with Crippen LogP contribution in [0, 0.1) is 0 Å². The van der Waals surface area contributed by atoms with Crippen LogP contribution in [0.25, 0.3) is 0 Å². The van der Waals surface area contributed by atoms with Crippen LogP contribution in [0.15, 0.2) is 0 Å². The zero-order chi connectivity index (χ0) is 33.3. The predicted octanol–water partition coefficient (Wildman–Crippen LogP) is -9.75. The van der Waals surface area contributed by atoms with Gasteiger partial charge in [0, 0.05) is 0 Å². The number of aliphatic hydroxyl groups excluding tert-OH is 14. The summed E-state index contributed by atoms with van der Waals surface area (Å²) in [5, 5.41) is 143. The maximum absolute atomic E-state index is 11.0. The lowest BCUT2D eigenvalue weighted by Gasteiger charge is -2.49. The SMILES string of the molecule is OC[C@H]1O[C@@H](O[C@@H]2[C@H](O[C@@H]3[C@H](O[C@H]4[C@@H](O)[C@H](O)[C@@H](CO)O[C@H]4O)O[C@H](CO)[C@@H](O)[C@@H]3O)O[C@H](CO)[C@@H](O)[C@@H]2O)[C@@H](O)[C@@H](O)[C@@H]1O. The van der Waals surface area contributed by atoms with Gasteiger partial charge in [0.1, 0.15) is 97.7 Å². The van der Waals surface area contributed by atoms with Gasteiger partial charge >= 0.3 is 0 Å². The zero-order valence-electron chi connectivity index (χ0n) is 23.5. The molecule has 20 atom stereocenters. The van der Waals surface area contributed by atoms with Gasteiger partial charge in [0.15, 0.2) is 25.2 Å². The predicted molar refractivity (Wildman–Crippen MR) is 134 cm³/mol. The number of hydrogen-bond acceptors (Lipinski definition) is 21. The van der Waals surface area contributed by atoms with Crippen LogP contribution in [0.4, 0.5) is 0 Å². The van der Waals surface area contributed by atoms with E-state index < -0.39 is 149 Å². The molecule has 4 aliphatic heterocycles. The molecule has 4 heterocycles. The largest absolute Gasteiger partial charge is 0.394 e. The Balaban J connectivity index is 1.61. The summed E-state index contributed by atoms with van der Waals surface area (Å²) in [5.74, 6) is 0. The average Bonchev–Trinajstić information content (AvgIpc) is 3.03. The van der Waals surface area contributed by atoms with E-state index in [1.54, 1.807) is 0 Å². The minimum absolute atomic E-state index is 0.791. The number of hydrogen-bond donors (Lipinski definition) is 14. The lowest BCUT2D eigenvalue weighted by molar-refractivity contribution is -0.405. The summed E-state index contributed by atoms with van der Waals surface area (Å²) in [6.07, 6.45) is -36.6. The Morgan fingerprint density at radius 1 is 0.333 bits per heavy atom. The van der Waals surface area contributed by atoms with E-state index in [-0.39, 0.29) is 0 Å². The lowest BCUT2D eigenvalue weighted by atomic mass is 9.96. The molecule has 0 spiro atoms. The Kier molecular flexibility index (Phi) is 12.8. The molecular weight excluding hydrogens is 624 g/mol. The first-order valence-corrected chi connectivity index (χ1v) is 14.1. The van der Waals surface area contributed by atoms with Crippen molar-refractivity contribution in [1.29, 1.82) is 0 Å². The fourth-order valence-electron chi connectivity index (χ4n) is 5.48. The van der Waals surface area contributed by atoms with Crippen LogP contribution < -0.4 is 0 Å². The van der Waals surface area contributed by atoms with E-state index in [0.29, 0.717) is 0 Å². The molecule has 21 heteroatoms. The molecule has 0 radical (unpaired) electrons. The third-order valence-electron chi connectivity index (χ3n) is 8.21. The molecule has 45 heavy (non-hydrogen) atoms. The summed E-state index contributed by atoms with van der Waals surface area (Å²) in [5.41, 5.74) is 0. The highest BCUT2D eigenvalue weighted by Crippen LogP contribution is 2.34. The lowest BCUT2D eigenvalue weighted by Crippen LogP contribution is -2.68. The molecule has 4 aliphatic rings. The van der Waals surface area contributed by atoms with E-state index in [4.69, 9.17) is 33.2 Å². The average molecular weight is 667 g/mol. The molecule has 0 aromatic carbocycles. The second-order valence-corrected chi connectivity index (χ2v) is 11.1. The molecule has 21 nitrogen and oxygen atoms in total. The molecule has 0 bridgehead atoms. The molecule has 0 amide bonds. The van der Waals surface area contributed by atoms with Gasteiger partial charge in [0.25, 0.3) is 0 Å². The van der Waals surface area contributed by atoms with Gasteiger partial charge in [-0.15, -0.1) is 0 Å². The van der Waals surface area contributed by atoms with Crippen molar-refractivity contribution in [3.63, 3.8) is 0 Å². The zero-order valence-corrected chi connectivity index (χ0v) is 23.5. The van der Waals surface area contributed by atoms with Crippen LogP contribution in [0.1, 0.15) is 0 Å². The highest BCUT2D eigenvalue weighted by Gasteiger charge is 2.55. The van der Waals surface area contributed by atoms with Crippen molar-refractivity contribution in [1.82, 2.24) is 0 Å². The minimum Gasteiger partial charge on any atom is -0.394 e. The second kappa shape index (κ2) is 15.6. The Morgan fingerprint density at radius 3 is 1.07 bits per heavy atom. The summed E-state index contributed by atoms with van der Waals surface area (Å²) < 4.78 is 38.3. The molecule has 0 unspecified atom stereocenters. The Labute approximate surface area is 254 Å². The van der Waals surface area contributed by atoms with Gasteiger partial charge < -0.3 is 105 Å². The summed E-state index contributed by atoms with van der Waals surface area (Å²) in [6, 6.07) is 0. The maximum atomic E-state index is 11.0. The maximum Gasteiger partial charge on any atom is 0.187 e. The first-order chi connectivity index (χ1) is 21.3. The van der Waals surface area contributed by atoms with E-state index in [9.17, 15) is 71.5 Å². The third kappa shape index (κ3) is 7.44. The summed E-state index contributed by atoms with van der Waals surface area (Å²) in [7, 11) is 0. The van der Waals surface area contributed by atoms with Gasteiger partial charge in [0.05, 0.1) is 26.4 Å². The minimum atomic E-state index is -2.03. The van der Waals surface area contributed by atoms with E-state index in [0.717, 1.165) is 0 Å². The normalized spacial score (nSPS) is 52.9. The Morgan fingerprint density at radius 2 is 0.644 bits per heavy atom. The summed E-state index contributed by atoms with van der Waals surface area (Å²) in [6.45, 7) is -3.41. The van der Waals surface area contributed by atoms with Crippen molar-refractivity contribution in [3.05, 3.63) is 0 Å². The Bertz CT molecular complexity index is 916. The molecular formula is C24H42O21. The first-order valence-electron chi connectivity index (χ1n) is 14.1. The van der Waals surface area contributed by atoms with Gasteiger partial charge in [-0.3, -0.25) is 0 Å². The van der Waals surface area contributed by atoms with Gasteiger partial charge in [-0.05, 0) is 0 Å². The number of aliphatic hydroxyl groups is 14. The number of rotatable bonds is 10. The van der Waals surface area contributed by atoms with Crippen molar-refractivity contribution < 1.29 is 105 Å². The van der Waals surface area contributed by atoms with Gasteiger partial charge in [0.2, 0.25) is 0 Å². The molecule has 264 valence electrons. The molecule has 4 saturated heterocycles. The van der Waals surface area contributed by atoms with Crippen molar-refractivity contribution in [2.75, 3.05) is 26.4 Å². The van der Waals surface area contributed by atoms with Gasteiger partial charge in [-0.1, -0.05) is 0 Å². The van der Waals surface area contributed by atoms with Crippen molar-refractivity contribution in [2.45, 2.75) is 123 Å². The highest BCUT2D eigenvalue weighted by atomic mass is 16.8. The summed E-state index contributed by atoms with van der Waals surface area (Å²) >= 11 is 0. The fraction of sp³-hybridized carbons (Fsp3) is 1.00. The van der Waals surface area contributed by atoms with E-state index >= 15 is 0 Å². The van der Waals surface area contributed by atoms with E-state index in [1.165, 1.54) is 0 Å². The molecule has 0 saturated carbocycles. The van der Waals surface area contributed by atoms with Gasteiger partial charge in [-0.2, -0.15) is 0 Å².